The number of rotatable bonds is 4. The van der Waals surface area contributed by atoms with Crippen LogP contribution in [0.3, 0.4) is 0 Å². The molecule has 2 rings (SSSR count). The summed E-state index contributed by atoms with van der Waals surface area (Å²) in [6, 6.07) is 7.77. The van der Waals surface area contributed by atoms with Crippen LogP contribution in [0.2, 0.25) is 5.02 Å². The van der Waals surface area contributed by atoms with Crippen molar-refractivity contribution in [2.24, 2.45) is 0 Å². The summed E-state index contributed by atoms with van der Waals surface area (Å²) in [6.45, 7) is 0. The van der Waals surface area contributed by atoms with Crippen molar-refractivity contribution in [2.75, 3.05) is 0 Å². The van der Waals surface area contributed by atoms with Gasteiger partial charge in [0.2, 0.25) is 0 Å². The Kier molecular flexibility index (Phi) is 2.70. The summed E-state index contributed by atoms with van der Waals surface area (Å²) in [6.07, 6.45) is 3.19. The van der Waals surface area contributed by atoms with Crippen LogP contribution in [-0.2, 0) is 10.2 Å². The van der Waals surface area contributed by atoms with Crippen LogP contribution < -0.4 is 0 Å². The number of carbonyl (C=O) groups is 1. The fourth-order valence-corrected chi connectivity index (χ4v) is 2.11. The van der Waals surface area contributed by atoms with Crippen LogP contribution in [0.5, 0.6) is 0 Å². The van der Waals surface area contributed by atoms with Crippen molar-refractivity contribution in [1.82, 2.24) is 0 Å². The molecule has 1 aliphatic rings. The molecule has 1 N–H and O–H groups in total. The molecule has 0 aromatic heterocycles. The molecule has 3 heteroatoms. The van der Waals surface area contributed by atoms with E-state index in [0.29, 0.717) is 0 Å². The third kappa shape index (κ3) is 2.32. The van der Waals surface area contributed by atoms with E-state index in [4.69, 9.17) is 16.7 Å². The third-order valence-corrected chi connectivity index (χ3v) is 3.38. The molecular weight excluding hydrogens is 212 g/mol. The molecule has 1 aromatic rings. The van der Waals surface area contributed by atoms with Crippen molar-refractivity contribution in [3.05, 3.63) is 34.9 Å². The standard InChI is InChI=1S/C12H13ClO2/c13-10-3-1-9(2-4-10)12(7-8-12)6-5-11(14)15/h1-4H,5-8H2,(H,14,15). The molecule has 0 spiro atoms. The van der Waals surface area contributed by atoms with E-state index in [9.17, 15) is 4.79 Å². The molecule has 0 atom stereocenters. The predicted molar refractivity (Wildman–Crippen MR) is 59.2 cm³/mol. The first kappa shape index (κ1) is 10.5. The number of carboxylic acid groups (broad SMARTS) is 1. The monoisotopic (exact) mass is 224 g/mol. The minimum atomic E-state index is -0.713. The van der Waals surface area contributed by atoms with E-state index >= 15 is 0 Å². The lowest BCUT2D eigenvalue weighted by Crippen LogP contribution is -2.09. The maximum atomic E-state index is 10.5. The first-order chi connectivity index (χ1) is 7.12. The van der Waals surface area contributed by atoms with Crippen molar-refractivity contribution in [3.63, 3.8) is 0 Å². The maximum absolute atomic E-state index is 10.5. The van der Waals surface area contributed by atoms with Gasteiger partial charge in [-0.25, -0.2) is 0 Å². The Bertz CT molecular complexity index is 366. The van der Waals surface area contributed by atoms with Gasteiger partial charge in [-0.1, -0.05) is 23.7 Å². The van der Waals surface area contributed by atoms with Crippen LogP contribution in [0.15, 0.2) is 24.3 Å². The van der Waals surface area contributed by atoms with Gasteiger partial charge in [-0.05, 0) is 42.4 Å². The second-order valence-electron chi connectivity index (χ2n) is 4.18. The Labute approximate surface area is 93.9 Å². The van der Waals surface area contributed by atoms with E-state index in [1.165, 1.54) is 5.56 Å². The first-order valence-corrected chi connectivity index (χ1v) is 5.48. The summed E-state index contributed by atoms with van der Waals surface area (Å²) in [7, 11) is 0. The maximum Gasteiger partial charge on any atom is 0.303 e. The average molecular weight is 225 g/mol. The fraction of sp³-hybridized carbons (Fsp3) is 0.417. The van der Waals surface area contributed by atoms with E-state index in [2.05, 4.69) is 0 Å². The summed E-state index contributed by atoms with van der Waals surface area (Å²) in [5, 5.41) is 9.40. The zero-order valence-electron chi connectivity index (χ0n) is 8.37. The van der Waals surface area contributed by atoms with Crippen LogP contribution in [0.25, 0.3) is 0 Å². The van der Waals surface area contributed by atoms with Gasteiger partial charge in [0.25, 0.3) is 0 Å². The van der Waals surface area contributed by atoms with Crippen LogP contribution in [0.1, 0.15) is 31.2 Å². The Morgan fingerprint density at radius 2 is 1.93 bits per heavy atom. The molecule has 0 radical (unpaired) electrons. The fourth-order valence-electron chi connectivity index (χ4n) is 1.98. The van der Waals surface area contributed by atoms with Gasteiger partial charge in [-0.2, -0.15) is 0 Å². The van der Waals surface area contributed by atoms with Gasteiger partial charge in [0.15, 0.2) is 0 Å². The Morgan fingerprint density at radius 3 is 2.40 bits per heavy atom. The first-order valence-electron chi connectivity index (χ1n) is 5.10. The van der Waals surface area contributed by atoms with E-state index < -0.39 is 5.97 Å². The number of carboxylic acids is 1. The van der Waals surface area contributed by atoms with E-state index in [0.717, 1.165) is 24.3 Å². The lowest BCUT2D eigenvalue weighted by Gasteiger charge is -2.14. The van der Waals surface area contributed by atoms with Crippen LogP contribution in [-0.4, -0.2) is 11.1 Å². The lowest BCUT2D eigenvalue weighted by molar-refractivity contribution is -0.137. The summed E-state index contributed by atoms with van der Waals surface area (Å²) in [5.41, 5.74) is 1.36. The molecule has 0 unspecified atom stereocenters. The minimum Gasteiger partial charge on any atom is -0.481 e. The van der Waals surface area contributed by atoms with Gasteiger partial charge in [-0.3, -0.25) is 4.79 Å². The molecular formula is C12H13ClO2. The third-order valence-electron chi connectivity index (χ3n) is 3.13. The molecule has 1 aliphatic carbocycles. The average Bonchev–Trinajstić information content (AvgIpc) is 2.97. The molecule has 0 bridgehead atoms. The number of halogens is 1. The molecule has 2 nitrogen and oxygen atoms in total. The molecule has 0 saturated heterocycles. The quantitative estimate of drug-likeness (QED) is 0.853. The molecule has 15 heavy (non-hydrogen) atoms. The molecule has 0 aliphatic heterocycles. The zero-order chi connectivity index (χ0) is 10.9. The molecule has 1 fully saturated rings. The van der Waals surface area contributed by atoms with Gasteiger partial charge in [0.1, 0.15) is 0 Å². The normalized spacial score (nSPS) is 17.4. The van der Waals surface area contributed by atoms with Crippen LogP contribution in [0.4, 0.5) is 0 Å². The number of benzene rings is 1. The van der Waals surface area contributed by atoms with Crippen molar-refractivity contribution < 1.29 is 9.90 Å². The Morgan fingerprint density at radius 1 is 1.33 bits per heavy atom. The van der Waals surface area contributed by atoms with Crippen LogP contribution in [0, 0.1) is 0 Å². The summed E-state index contributed by atoms with van der Waals surface area (Å²) < 4.78 is 0. The topological polar surface area (TPSA) is 37.3 Å². The predicted octanol–water partition coefficient (Wildman–Crippen LogP) is 3.24. The number of aliphatic carboxylic acids is 1. The Hall–Kier alpha value is -1.02. The van der Waals surface area contributed by atoms with Gasteiger partial charge < -0.3 is 5.11 Å². The molecule has 0 amide bonds. The van der Waals surface area contributed by atoms with Crippen molar-refractivity contribution in [1.29, 1.82) is 0 Å². The minimum absolute atomic E-state index is 0.128. The highest BCUT2D eigenvalue weighted by atomic mass is 35.5. The molecule has 1 saturated carbocycles. The second-order valence-corrected chi connectivity index (χ2v) is 4.62. The summed E-state index contributed by atoms with van der Waals surface area (Å²) in [5.74, 6) is -0.713. The largest absolute Gasteiger partial charge is 0.481 e. The van der Waals surface area contributed by atoms with Crippen molar-refractivity contribution >= 4 is 17.6 Å². The lowest BCUT2D eigenvalue weighted by atomic mass is 9.91. The highest BCUT2D eigenvalue weighted by Crippen LogP contribution is 2.51. The van der Waals surface area contributed by atoms with Crippen molar-refractivity contribution in [2.45, 2.75) is 31.1 Å². The smallest absolute Gasteiger partial charge is 0.303 e. The molecule has 80 valence electrons. The highest BCUT2D eigenvalue weighted by molar-refractivity contribution is 6.30. The second kappa shape index (κ2) is 3.86. The Balaban J connectivity index is 2.09. The van der Waals surface area contributed by atoms with Gasteiger partial charge in [0.05, 0.1) is 0 Å². The van der Waals surface area contributed by atoms with E-state index in [1.807, 2.05) is 24.3 Å². The highest BCUT2D eigenvalue weighted by Gasteiger charge is 2.43. The van der Waals surface area contributed by atoms with Gasteiger partial charge in [0, 0.05) is 11.4 Å². The number of hydrogen-bond donors (Lipinski definition) is 1. The van der Waals surface area contributed by atoms with E-state index in [1.54, 1.807) is 0 Å². The number of hydrogen-bond acceptors (Lipinski definition) is 1. The zero-order valence-corrected chi connectivity index (χ0v) is 9.13. The van der Waals surface area contributed by atoms with Crippen molar-refractivity contribution in [3.8, 4) is 0 Å². The van der Waals surface area contributed by atoms with Crippen LogP contribution >= 0.6 is 11.6 Å². The molecule has 1 aromatic carbocycles. The van der Waals surface area contributed by atoms with Gasteiger partial charge in [-0.15, -0.1) is 0 Å². The molecule has 0 heterocycles. The SMILES string of the molecule is O=C(O)CCC1(c2ccc(Cl)cc2)CC1. The summed E-state index contributed by atoms with van der Waals surface area (Å²) >= 11 is 5.82. The van der Waals surface area contributed by atoms with E-state index in [-0.39, 0.29) is 11.8 Å². The van der Waals surface area contributed by atoms with Gasteiger partial charge >= 0.3 is 5.97 Å². The summed E-state index contributed by atoms with van der Waals surface area (Å²) in [4.78, 5) is 10.5.